The van der Waals surface area contributed by atoms with E-state index in [4.69, 9.17) is 4.42 Å². The molecule has 1 saturated heterocycles. The molecule has 1 N–H and O–H groups in total. The van der Waals surface area contributed by atoms with Gasteiger partial charge in [-0.05, 0) is 64.9 Å². The molecule has 1 aliphatic carbocycles. The summed E-state index contributed by atoms with van der Waals surface area (Å²) < 4.78 is 6.03. The molecule has 4 rings (SSSR count). The number of carbonyl (C=O) groups is 2. The van der Waals surface area contributed by atoms with Crippen LogP contribution < -0.4 is 5.43 Å². The van der Waals surface area contributed by atoms with Crippen LogP contribution in [0.15, 0.2) is 33.8 Å². The van der Waals surface area contributed by atoms with Crippen molar-refractivity contribution in [3.8, 4) is 0 Å². The average molecular weight is 468 g/mol. The summed E-state index contributed by atoms with van der Waals surface area (Å²) in [4.78, 5) is 40.1. The number of likely N-dealkylation sites (tertiary alicyclic amines) is 1. The Morgan fingerprint density at radius 1 is 1.21 bits per heavy atom. The summed E-state index contributed by atoms with van der Waals surface area (Å²) >= 11 is 0. The van der Waals surface area contributed by atoms with Gasteiger partial charge in [0.15, 0.2) is 5.76 Å². The molecule has 0 spiro atoms. The molecule has 1 aromatic carbocycles. The highest BCUT2D eigenvalue weighted by molar-refractivity contribution is 6.07. The van der Waals surface area contributed by atoms with E-state index in [-0.39, 0.29) is 23.2 Å². The first-order valence-corrected chi connectivity index (χ1v) is 11.5. The summed E-state index contributed by atoms with van der Waals surface area (Å²) in [6, 6.07) is 5.51. The first-order chi connectivity index (χ1) is 16.3. The standard InChI is InChI=1S/C24H29N5O5/c1-15-21-19(25-26-23(30)16-7-9-18(10-8-16)29(32)33)5-4-6-20(21)34-22(15)24(31)28(3)17-11-13-27(2)14-12-17/h7-10,17H,4-6,11-14H2,1-3H3,(H,26,30)/b25-19+. The molecule has 2 aliphatic rings. The molecule has 2 aromatic rings. The SMILES string of the molecule is Cc1c(C(=O)N(C)C2CCN(C)CC2)oc2c1/C(=N/NC(=O)c1ccc([N+](=O)[O-])cc1)CCC2. The quantitative estimate of drug-likeness (QED) is 0.533. The number of nitrogens with zero attached hydrogens (tertiary/aromatic N) is 4. The van der Waals surface area contributed by atoms with Gasteiger partial charge in [0.1, 0.15) is 5.76 Å². The van der Waals surface area contributed by atoms with Crippen molar-refractivity contribution >= 4 is 23.2 Å². The molecule has 1 fully saturated rings. The predicted molar refractivity (Wildman–Crippen MR) is 126 cm³/mol. The van der Waals surface area contributed by atoms with Gasteiger partial charge in [-0.15, -0.1) is 0 Å². The predicted octanol–water partition coefficient (Wildman–Crippen LogP) is 3.13. The maximum absolute atomic E-state index is 13.3. The van der Waals surface area contributed by atoms with Crippen molar-refractivity contribution in [1.29, 1.82) is 0 Å². The molecular weight excluding hydrogens is 438 g/mol. The van der Waals surface area contributed by atoms with Crippen LogP contribution >= 0.6 is 0 Å². The number of nitro benzene ring substituents is 1. The number of nitrogens with one attached hydrogen (secondary N) is 1. The van der Waals surface area contributed by atoms with E-state index in [0.29, 0.717) is 30.1 Å². The minimum Gasteiger partial charge on any atom is -0.455 e. The van der Waals surface area contributed by atoms with Crippen molar-refractivity contribution in [2.75, 3.05) is 27.2 Å². The van der Waals surface area contributed by atoms with Gasteiger partial charge < -0.3 is 14.2 Å². The second-order valence-electron chi connectivity index (χ2n) is 8.96. The molecule has 0 unspecified atom stereocenters. The first-order valence-electron chi connectivity index (χ1n) is 11.5. The molecule has 2 amide bonds. The van der Waals surface area contributed by atoms with Gasteiger partial charge in [-0.3, -0.25) is 19.7 Å². The summed E-state index contributed by atoms with van der Waals surface area (Å²) in [6.07, 6.45) is 4.01. The lowest BCUT2D eigenvalue weighted by molar-refractivity contribution is -0.384. The molecule has 0 saturated carbocycles. The van der Waals surface area contributed by atoms with E-state index < -0.39 is 10.8 Å². The average Bonchev–Trinajstić information content (AvgIpc) is 3.19. The topological polar surface area (TPSA) is 121 Å². The number of fused-ring (bicyclic) bond motifs is 1. The molecule has 1 aromatic heterocycles. The fraction of sp³-hybridized carbons (Fsp3) is 0.458. The van der Waals surface area contributed by atoms with Crippen LogP contribution in [0, 0.1) is 17.0 Å². The lowest BCUT2D eigenvalue weighted by atomic mass is 9.93. The number of rotatable bonds is 5. The Labute approximate surface area is 197 Å². The smallest absolute Gasteiger partial charge is 0.289 e. The zero-order chi connectivity index (χ0) is 24.4. The van der Waals surface area contributed by atoms with E-state index in [1.165, 1.54) is 24.3 Å². The van der Waals surface area contributed by atoms with Crippen molar-refractivity contribution in [3.63, 3.8) is 0 Å². The second-order valence-corrected chi connectivity index (χ2v) is 8.96. The Kier molecular flexibility index (Phi) is 6.78. The number of carbonyl (C=O) groups excluding carboxylic acids is 2. The molecule has 2 heterocycles. The summed E-state index contributed by atoms with van der Waals surface area (Å²) in [5.41, 5.74) is 4.91. The van der Waals surface area contributed by atoms with Crippen LogP contribution in [-0.4, -0.2) is 65.5 Å². The van der Waals surface area contributed by atoms with Gasteiger partial charge in [-0.2, -0.15) is 5.10 Å². The van der Waals surface area contributed by atoms with Gasteiger partial charge in [-0.25, -0.2) is 5.43 Å². The number of non-ortho nitro benzene ring substituents is 1. The van der Waals surface area contributed by atoms with Crippen molar-refractivity contribution in [2.24, 2.45) is 5.10 Å². The number of aryl methyl sites for hydroxylation is 1. The number of furan rings is 1. The first kappa shape index (κ1) is 23.6. The minimum atomic E-state index is -0.518. The zero-order valence-electron chi connectivity index (χ0n) is 19.7. The third-order valence-corrected chi connectivity index (χ3v) is 6.71. The Balaban J connectivity index is 1.51. The number of piperidine rings is 1. The fourth-order valence-electron chi connectivity index (χ4n) is 4.61. The van der Waals surface area contributed by atoms with Crippen LogP contribution in [0.5, 0.6) is 0 Å². The Morgan fingerprint density at radius 2 is 1.88 bits per heavy atom. The van der Waals surface area contributed by atoms with Crippen molar-refractivity contribution in [1.82, 2.24) is 15.2 Å². The largest absolute Gasteiger partial charge is 0.455 e. The molecule has 180 valence electrons. The highest BCUT2D eigenvalue weighted by Gasteiger charge is 2.32. The molecular formula is C24H29N5O5. The van der Waals surface area contributed by atoms with Crippen LogP contribution in [0.3, 0.4) is 0 Å². The zero-order valence-corrected chi connectivity index (χ0v) is 19.7. The Hall–Kier alpha value is -3.53. The third kappa shape index (κ3) is 4.72. The van der Waals surface area contributed by atoms with Gasteiger partial charge >= 0.3 is 0 Å². The Morgan fingerprint density at radius 3 is 2.53 bits per heavy atom. The fourth-order valence-corrected chi connectivity index (χ4v) is 4.61. The van der Waals surface area contributed by atoms with E-state index in [9.17, 15) is 19.7 Å². The van der Waals surface area contributed by atoms with Crippen LogP contribution in [0.4, 0.5) is 5.69 Å². The number of hydrogen-bond acceptors (Lipinski definition) is 7. The highest BCUT2D eigenvalue weighted by atomic mass is 16.6. The lowest BCUT2D eigenvalue weighted by Gasteiger charge is -2.34. The maximum Gasteiger partial charge on any atom is 0.289 e. The highest BCUT2D eigenvalue weighted by Crippen LogP contribution is 2.31. The maximum atomic E-state index is 13.3. The molecule has 1 aliphatic heterocycles. The normalized spacial score (nSPS) is 17.9. The minimum absolute atomic E-state index is 0.0868. The van der Waals surface area contributed by atoms with Crippen LogP contribution in [0.2, 0.25) is 0 Å². The molecule has 10 heteroatoms. The van der Waals surface area contributed by atoms with Crippen LogP contribution in [0.1, 0.15) is 63.5 Å². The molecule has 0 bridgehead atoms. The van der Waals surface area contributed by atoms with Crippen molar-refractivity contribution in [3.05, 3.63) is 62.6 Å². The molecule has 34 heavy (non-hydrogen) atoms. The number of benzene rings is 1. The van der Waals surface area contributed by atoms with Gasteiger partial charge in [-0.1, -0.05) is 0 Å². The summed E-state index contributed by atoms with van der Waals surface area (Å²) in [6.45, 7) is 3.78. The monoisotopic (exact) mass is 467 g/mol. The van der Waals surface area contributed by atoms with E-state index in [0.717, 1.165) is 43.5 Å². The summed E-state index contributed by atoms with van der Waals surface area (Å²) in [7, 11) is 3.92. The summed E-state index contributed by atoms with van der Waals surface area (Å²) in [5.74, 6) is 0.458. The van der Waals surface area contributed by atoms with Gasteiger partial charge in [0.05, 0.1) is 10.6 Å². The number of hydrogen-bond donors (Lipinski definition) is 1. The lowest BCUT2D eigenvalue weighted by Crippen LogP contribution is -2.44. The van der Waals surface area contributed by atoms with Gasteiger partial charge in [0.2, 0.25) is 0 Å². The van der Waals surface area contributed by atoms with Crippen LogP contribution in [-0.2, 0) is 6.42 Å². The number of amides is 2. The number of nitro groups is 1. The summed E-state index contributed by atoms with van der Waals surface area (Å²) in [5, 5.41) is 15.1. The van der Waals surface area contributed by atoms with Gasteiger partial charge in [0, 0.05) is 48.3 Å². The second kappa shape index (κ2) is 9.76. The van der Waals surface area contributed by atoms with Crippen LogP contribution in [0.25, 0.3) is 0 Å². The van der Waals surface area contributed by atoms with Crippen molar-refractivity contribution < 1.29 is 18.9 Å². The van der Waals surface area contributed by atoms with E-state index >= 15 is 0 Å². The van der Waals surface area contributed by atoms with E-state index in [1.54, 1.807) is 4.90 Å². The van der Waals surface area contributed by atoms with E-state index in [2.05, 4.69) is 22.5 Å². The van der Waals surface area contributed by atoms with Gasteiger partial charge in [0.25, 0.3) is 17.5 Å². The van der Waals surface area contributed by atoms with E-state index in [1.807, 2.05) is 14.0 Å². The Bertz CT molecular complexity index is 1130. The third-order valence-electron chi connectivity index (χ3n) is 6.71. The molecule has 10 nitrogen and oxygen atoms in total. The molecule has 0 atom stereocenters. The number of hydrazone groups is 1. The molecule has 0 radical (unpaired) electrons. The van der Waals surface area contributed by atoms with Crippen molar-refractivity contribution in [2.45, 2.75) is 45.1 Å².